The lowest BCUT2D eigenvalue weighted by atomic mass is 10.0. The van der Waals surface area contributed by atoms with Crippen LogP contribution < -0.4 is 0 Å². The minimum atomic E-state index is -0.144. The predicted molar refractivity (Wildman–Crippen MR) is 115 cm³/mol. The first-order chi connectivity index (χ1) is 13.5. The molecule has 1 heterocycles. The number of hydrogen-bond donors (Lipinski definition) is 0. The van der Waals surface area contributed by atoms with Crippen LogP contribution in [0.3, 0.4) is 0 Å². The first-order valence-corrected chi connectivity index (χ1v) is 10.1. The summed E-state index contributed by atoms with van der Waals surface area (Å²) >= 11 is 0. The number of nitrogens with zero attached hydrogens (tertiary/aromatic N) is 2. The summed E-state index contributed by atoms with van der Waals surface area (Å²) in [4.78, 5) is 2.53. The normalized spacial score (nSPS) is 12.7. The van der Waals surface area contributed by atoms with Crippen LogP contribution in [-0.2, 0) is 19.6 Å². The van der Waals surface area contributed by atoms with Crippen LogP contribution in [0.15, 0.2) is 66.9 Å². The van der Waals surface area contributed by atoms with Gasteiger partial charge >= 0.3 is 0 Å². The summed E-state index contributed by atoms with van der Waals surface area (Å²) in [5.74, 6) is 0.411. The van der Waals surface area contributed by atoms with E-state index in [0.29, 0.717) is 18.5 Å². The Morgan fingerprint density at radius 2 is 1.54 bits per heavy atom. The first kappa shape index (κ1) is 20.3. The molecule has 0 fully saturated rings. The molecule has 2 nitrogen and oxygen atoms in total. The average Bonchev–Trinajstić information content (AvgIpc) is 3.11. The van der Waals surface area contributed by atoms with Crippen LogP contribution >= 0.6 is 0 Å². The lowest BCUT2D eigenvalue weighted by Crippen LogP contribution is -2.36. The van der Waals surface area contributed by atoms with Crippen molar-refractivity contribution in [1.29, 1.82) is 0 Å². The van der Waals surface area contributed by atoms with E-state index in [-0.39, 0.29) is 5.82 Å². The lowest BCUT2D eigenvalue weighted by Gasteiger charge is -2.32. The van der Waals surface area contributed by atoms with Crippen molar-refractivity contribution in [2.45, 2.75) is 53.4 Å². The van der Waals surface area contributed by atoms with Gasteiger partial charge in [0.15, 0.2) is 0 Å². The molecule has 0 aliphatic carbocycles. The molecule has 148 valence electrons. The fraction of sp³-hybridized carbons (Fsp3) is 0.360. The molecular formula is C25H31FN2. The van der Waals surface area contributed by atoms with Gasteiger partial charge < -0.3 is 4.57 Å². The van der Waals surface area contributed by atoms with E-state index in [2.05, 4.69) is 73.6 Å². The Balaban J connectivity index is 1.82. The van der Waals surface area contributed by atoms with Crippen molar-refractivity contribution in [2.75, 3.05) is 0 Å². The standard InChI is InChI=1S/C25H31FN2/c1-19(2)21(4)28(16-22-11-6-5-10-20(22)3)18-24-13-9-15-27(24)17-23-12-7-8-14-25(23)26/h5-15,19,21H,16-18H2,1-4H3. The van der Waals surface area contributed by atoms with Gasteiger partial charge in [0.25, 0.3) is 0 Å². The van der Waals surface area contributed by atoms with E-state index in [1.807, 2.05) is 18.3 Å². The van der Waals surface area contributed by atoms with Gasteiger partial charge in [0.1, 0.15) is 5.82 Å². The number of halogens is 1. The van der Waals surface area contributed by atoms with E-state index in [9.17, 15) is 4.39 Å². The third kappa shape index (κ3) is 4.90. The van der Waals surface area contributed by atoms with Gasteiger partial charge in [-0.2, -0.15) is 0 Å². The highest BCUT2D eigenvalue weighted by molar-refractivity contribution is 5.26. The van der Waals surface area contributed by atoms with Gasteiger partial charge in [-0.3, -0.25) is 4.90 Å². The summed E-state index contributed by atoms with van der Waals surface area (Å²) in [5.41, 5.74) is 4.62. The highest BCUT2D eigenvalue weighted by atomic mass is 19.1. The number of aryl methyl sites for hydroxylation is 1. The van der Waals surface area contributed by atoms with Crippen LogP contribution in [0.1, 0.15) is 43.2 Å². The SMILES string of the molecule is Cc1ccccc1CN(Cc1cccn1Cc1ccccc1F)C(C)C(C)C. The quantitative estimate of drug-likeness (QED) is 0.464. The van der Waals surface area contributed by atoms with Crippen molar-refractivity contribution in [3.8, 4) is 0 Å². The summed E-state index contributed by atoms with van der Waals surface area (Å²) in [6.45, 7) is 11.3. The first-order valence-electron chi connectivity index (χ1n) is 10.1. The van der Waals surface area contributed by atoms with Crippen molar-refractivity contribution >= 4 is 0 Å². The van der Waals surface area contributed by atoms with Gasteiger partial charge in [-0.15, -0.1) is 0 Å². The van der Waals surface area contributed by atoms with Crippen LogP contribution in [-0.4, -0.2) is 15.5 Å². The zero-order chi connectivity index (χ0) is 20.1. The second-order valence-electron chi connectivity index (χ2n) is 8.03. The minimum absolute atomic E-state index is 0.144. The van der Waals surface area contributed by atoms with Crippen molar-refractivity contribution in [2.24, 2.45) is 5.92 Å². The van der Waals surface area contributed by atoms with Gasteiger partial charge in [0.05, 0.1) is 6.54 Å². The molecule has 28 heavy (non-hydrogen) atoms. The summed E-state index contributed by atoms with van der Waals surface area (Å²) in [6.07, 6.45) is 2.05. The smallest absolute Gasteiger partial charge is 0.128 e. The summed E-state index contributed by atoms with van der Waals surface area (Å²) in [6, 6.07) is 20.3. The van der Waals surface area contributed by atoms with Crippen LogP contribution in [0.2, 0.25) is 0 Å². The van der Waals surface area contributed by atoms with Gasteiger partial charge in [-0.1, -0.05) is 56.3 Å². The zero-order valence-corrected chi connectivity index (χ0v) is 17.4. The molecule has 0 saturated heterocycles. The van der Waals surface area contributed by atoms with Crippen LogP contribution in [0, 0.1) is 18.7 Å². The fourth-order valence-electron chi connectivity index (χ4n) is 3.54. The van der Waals surface area contributed by atoms with Crippen molar-refractivity contribution in [3.63, 3.8) is 0 Å². The molecule has 3 aromatic rings. The molecule has 3 heteroatoms. The third-order valence-corrected chi connectivity index (χ3v) is 5.76. The molecule has 1 unspecified atom stereocenters. The topological polar surface area (TPSA) is 8.17 Å². The van der Waals surface area contributed by atoms with Crippen LogP contribution in [0.4, 0.5) is 4.39 Å². The van der Waals surface area contributed by atoms with Gasteiger partial charge in [0, 0.05) is 36.6 Å². The molecule has 0 radical (unpaired) electrons. The third-order valence-electron chi connectivity index (χ3n) is 5.76. The maximum absolute atomic E-state index is 14.1. The predicted octanol–water partition coefficient (Wildman–Crippen LogP) is 6.03. The highest BCUT2D eigenvalue weighted by Crippen LogP contribution is 2.21. The molecular weight excluding hydrogens is 347 g/mol. The van der Waals surface area contributed by atoms with E-state index >= 15 is 0 Å². The lowest BCUT2D eigenvalue weighted by molar-refractivity contribution is 0.148. The second-order valence-corrected chi connectivity index (χ2v) is 8.03. The Morgan fingerprint density at radius 1 is 0.857 bits per heavy atom. The Kier molecular flexibility index (Phi) is 6.69. The van der Waals surface area contributed by atoms with E-state index < -0.39 is 0 Å². The maximum atomic E-state index is 14.1. The summed E-state index contributed by atoms with van der Waals surface area (Å²) < 4.78 is 16.3. The molecule has 1 aromatic heterocycles. The average molecular weight is 379 g/mol. The van der Waals surface area contributed by atoms with Crippen LogP contribution in [0.25, 0.3) is 0 Å². The van der Waals surface area contributed by atoms with Gasteiger partial charge in [-0.05, 0) is 49.1 Å². The van der Waals surface area contributed by atoms with Crippen molar-refractivity contribution in [1.82, 2.24) is 9.47 Å². The molecule has 2 aromatic carbocycles. The number of aromatic nitrogens is 1. The largest absolute Gasteiger partial charge is 0.346 e. The Labute approximate surface area is 168 Å². The van der Waals surface area contributed by atoms with Crippen molar-refractivity contribution in [3.05, 3.63) is 95.1 Å². The van der Waals surface area contributed by atoms with Gasteiger partial charge in [-0.25, -0.2) is 4.39 Å². The van der Waals surface area contributed by atoms with Crippen LogP contribution in [0.5, 0.6) is 0 Å². The highest BCUT2D eigenvalue weighted by Gasteiger charge is 2.20. The second kappa shape index (κ2) is 9.20. The molecule has 0 aliphatic heterocycles. The number of rotatable bonds is 8. The molecule has 0 saturated carbocycles. The monoisotopic (exact) mass is 378 g/mol. The Hall–Kier alpha value is -2.39. The van der Waals surface area contributed by atoms with E-state index in [0.717, 1.165) is 18.7 Å². The summed E-state index contributed by atoms with van der Waals surface area (Å²) in [5, 5.41) is 0. The fourth-order valence-corrected chi connectivity index (χ4v) is 3.54. The van der Waals surface area contributed by atoms with Crippen molar-refractivity contribution < 1.29 is 4.39 Å². The molecule has 0 N–H and O–H groups in total. The zero-order valence-electron chi connectivity index (χ0n) is 17.4. The molecule has 0 bridgehead atoms. The van der Waals surface area contributed by atoms with E-state index in [1.165, 1.54) is 22.9 Å². The molecule has 0 spiro atoms. The van der Waals surface area contributed by atoms with Gasteiger partial charge in [0.2, 0.25) is 0 Å². The molecule has 3 rings (SSSR count). The number of hydrogen-bond acceptors (Lipinski definition) is 1. The maximum Gasteiger partial charge on any atom is 0.128 e. The van der Waals surface area contributed by atoms with E-state index in [1.54, 1.807) is 6.07 Å². The van der Waals surface area contributed by atoms with E-state index in [4.69, 9.17) is 0 Å². The number of benzene rings is 2. The molecule has 1 atom stereocenters. The molecule has 0 aliphatic rings. The minimum Gasteiger partial charge on any atom is -0.346 e. The Bertz CT molecular complexity index is 897. The molecule has 0 amide bonds. The summed E-state index contributed by atoms with van der Waals surface area (Å²) in [7, 11) is 0. The Morgan fingerprint density at radius 3 is 2.21 bits per heavy atom.